The second kappa shape index (κ2) is 20.0. The van der Waals surface area contributed by atoms with Crippen LogP contribution in [0.15, 0.2) is 0 Å². The third-order valence-electron chi connectivity index (χ3n) is 3.56. The van der Waals surface area contributed by atoms with Crippen LogP contribution in [0.1, 0.15) is 71.1 Å². The third kappa shape index (κ3) is 20.5. The van der Waals surface area contributed by atoms with E-state index in [1.54, 1.807) is 0 Å². The second-order valence-electron chi connectivity index (χ2n) is 5.80. The zero-order chi connectivity index (χ0) is 18.8. The van der Waals surface area contributed by atoms with Gasteiger partial charge in [-0.15, -0.1) is 0 Å². The maximum Gasteiger partial charge on any atom is 1.00 e. The number of nitrogens with zero attached hydrogens (tertiary/aromatic N) is 1. The zero-order valence-electron chi connectivity index (χ0n) is 16.2. The fourth-order valence-electron chi connectivity index (χ4n) is 2.22. The number of nitrogens with one attached hydrogen (secondary N) is 2. The van der Waals surface area contributed by atoms with Crippen LogP contribution in [0.3, 0.4) is 0 Å². The average molecular weight is 405 g/mol. The first-order chi connectivity index (χ1) is 12.0. The molecule has 26 heavy (non-hydrogen) atoms. The Morgan fingerprint density at radius 2 is 1.58 bits per heavy atom. The Morgan fingerprint density at radius 1 is 1.04 bits per heavy atom. The van der Waals surface area contributed by atoms with Crippen molar-refractivity contribution in [2.24, 2.45) is 5.84 Å². The molecule has 0 aromatic carbocycles. The molecule has 0 spiro atoms. The molecule has 0 saturated carbocycles. The van der Waals surface area contributed by atoms with E-state index >= 15 is 0 Å². The molecule has 150 valence electrons. The van der Waals surface area contributed by atoms with E-state index in [1.807, 2.05) is 0 Å². The summed E-state index contributed by atoms with van der Waals surface area (Å²) < 4.78 is 30.1. The van der Waals surface area contributed by atoms with Gasteiger partial charge in [0, 0.05) is 0 Å². The molecule has 11 heteroatoms. The van der Waals surface area contributed by atoms with Gasteiger partial charge in [0.1, 0.15) is 0 Å². The Hall–Kier alpha value is 0.220. The molecule has 0 aliphatic carbocycles. The van der Waals surface area contributed by atoms with Crippen LogP contribution >= 0.6 is 0 Å². The minimum atomic E-state index is -4.03. The van der Waals surface area contributed by atoms with Crippen molar-refractivity contribution >= 4 is 16.3 Å². The molecule has 1 rings (SSSR count). The summed E-state index contributed by atoms with van der Waals surface area (Å²) in [7, 11) is -4.03. The van der Waals surface area contributed by atoms with Crippen LogP contribution in [0.2, 0.25) is 0 Å². The Bertz CT molecular complexity index is 418. The Balaban J connectivity index is 0. The van der Waals surface area contributed by atoms with Crippen LogP contribution in [0.25, 0.3) is 5.59 Å². The largest absolute Gasteiger partial charge is 1.00 e. The van der Waals surface area contributed by atoms with Gasteiger partial charge in [-0.2, -0.15) is 8.42 Å². The Morgan fingerprint density at radius 3 is 1.96 bits per heavy atom. The van der Waals surface area contributed by atoms with Gasteiger partial charge in [-0.25, -0.2) is 4.18 Å². The van der Waals surface area contributed by atoms with Crippen LogP contribution in [0, 0.1) is 0 Å². The summed E-state index contributed by atoms with van der Waals surface area (Å²) in [6.45, 7) is 3.46. The molecular formula is C15H33N4NaO5S. The number of nitrogens with two attached hydrogens (primary N) is 1. The summed E-state index contributed by atoms with van der Waals surface area (Å²) in [6.07, 6.45) is 11.8. The Kier molecular flexibility index (Phi) is 21.8. The molecule has 1 heterocycles. The number of rotatable bonds is 14. The number of unbranched alkanes of at least 4 members (excludes halogenated alkanes) is 9. The summed E-state index contributed by atoms with van der Waals surface area (Å²) in [5, 5.41) is 5.38. The standard InChI is InChI=1S/C12H27N2O4S.C3H6N2O.Na/c1-2-3-4-5-6-7-8-9-10-11-12-17-19(15,16)18-14-13;6-3-1-4-2-5-3;/h2-13H2,1H3;4H,1-2H2,(H,5,6);/q-1;;+1. The van der Waals surface area contributed by atoms with Crippen molar-refractivity contribution in [3.05, 3.63) is 5.59 Å². The van der Waals surface area contributed by atoms with Crippen LogP contribution in [-0.4, -0.2) is 34.1 Å². The van der Waals surface area contributed by atoms with Crippen molar-refractivity contribution in [3.63, 3.8) is 0 Å². The first-order valence-electron chi connectivity index (χ1n) is 8.97. The first-order valence-corrected chi connectivity index (χ1v) is 10.3. The second-order valence-corrected chi connectivity index (χ2v) is 7.00. The van der Waals surface area contributed by atoms with Gasteiger partial charge < -0.3 is 21.0 Å². The van der Waals surface area contributed by atoms with Gasteiger partial charge in [-0.1, -0.05) is 64.7 Å². The fraction of sp³-hybridized carbons (Fsp3) is 0.933. The Labute approximate surface area is 180 Å². The van der Waals surface area contributed by atoms with E-state index in [9.17, 15) is 13.2 Å². The van der Waals surface area contributed by atoms with Crippen LogP contribution in [-0.2, 0) is 23.7 Å². The summed E-state index contributed by atoms with van der Waals surface area (Å²) in [4.78, 5) is 10.1. The van der Waals surface area contributed by atoms with E-state index in [1.165, 1.54) is 44.9 Å². The SMILES string of the molecule is CCCCCCCCCCCCOS(=O)(=O)O[N-]N.O=C1CNCN1.[Na+]. The average Bonchev–Trinajstić information content (AvgIpc) is 3.04. The van der Waals surface area contributed by atoms with Crippen LogP contribution < -0.4 is 46.0 Å². The molecule has 0 aromatic heterocycles. The molecule has 1 fully saturated rings. The molecule has 9 nitrogen and oxygen atoms in total. The zero-order valence-corrected chi connectivity index (χ0v) is 19.0. The van der Waals surface area contributed by atoms with Crippen molar-refractivity contribution in [1.29, 1.82) is 0 Å². The van der Waals surface area contributed by atoms with Crippen molar-refractivity contribution in [1.82, 2.24) is 10.6 Å². The van der Waals surface area contributed by atoms with E-state index in [4.69, 9.17) is 0 Å². The smallest absolute Gasteiger partial charge is 0.453 e. The maximum atomic E-state index is 10.9. The molecule has 0 radical (unpaired) electrons. The van der Waals surface area contributed by atoms with E-state index in [2.05, 4.69) is 37.5 Å². The molecule has 4 N–H and O–H groups in total. The number of hydrogen-bond acceptors (Lipinski definition) is 7. The predicted octanol–water partition coefficient (Wildman–Crippen LogP) is -0.985. The minimum Gasteiger partial charge on any atom is -0.453 e. The first kappa shape index (κ1) is 28.4. The maximum absolute atomic E-state index is 10.9. The summed E-state index contributed by atoms with van der Waals surface area (Å²) >= 11 is 0. The van der Waals surface area contributed by atoms with E-state index in [0.717, 1.165) is 12.8 Å². The van der Waals surface area contributed by atoms with Gasteiger partial charge in [-0.05, 0) is 6.42 Å². The molecule has 0 bridgehead atoms. The van der Waals surface area contributed by atoms with Gasteiger partial charge in [-0.3, -0.25) is 10.1 Å². The van der Waals surface area contributed by atoms with E-state index < -0.39 is 10.4 Å². The molecular weight excluding hydrogens is 371 g/mol. The van der Waals surface area contributed by atoms with Gasteiger partial charge in [0.15, 0.2) is 0 Å². The third-order valence-corrected chi connectivity index (χ3v) is 4.28. The molecule has 0 aromatic rings. The van der Waals surface area contributed by atoms with Crippen LogP contribution in [0.5, 0.6) is 0 Å². The minimum absolute atomic E-state index is 0. The van der Waals surface area contributed by atoms with Gasteiger partial charge in [0.25, 0.3) is 0 Å². The van der Waals surface area contributed by atoms with Crippen molar-refractivity contribution in [3.8, 4) is 0 Å². The fourth-order valence-corrected chi connectivity index (χ4v) is 2.69. The summed E-state index contributed by atoms with van der Waals surface area (Å²) in [5.74, 6) is 4.68. The van der Waals surface area contributed by atoms with Crippen molar-refractivity contribution < 1.29 is 51.2 Å². The summed E-state index contributed by atoms with van der Waals surface area (Å²) in [6, 6.07) is 0. The molecule has 0 atom stereocenters. The van der Waals surface area contributed by atoms with Gasteiger partial charge >= 0.3 is 40.0 Å². The number of carbonyl (C=O) groups is 1. The normalized spacial score (nSPS) is 13.5. The molecule has 1 saturated heterocycles. The number of hydrogen-bond donors (Lipinski definition) is 3. The van der Waals surface area contributed by atoms with Gasteiger partial charge in [0.05, 0.1) is 19.8 Å². The van der Waals surface area contributed by atoms with Crippen molar-refractivity contribution in [2.45, 2.75) is 71.1 Å². The van der Waals surface area contributed by atoms with Crippen LogP contribution in [0.4, 0.5) is 0 Å². The number of carbonyl (C=O) groups excluding carboxylic acids is 1. The summed E-state index contributed by atoms with van der Waals surface area (Å²) in [5.41, 5.74) is 2.56. The number of amides is 1. The van der Waals surface area contributed by atoms with Gasteiger partial charge in [0.2, 0.25) is 5.91 Å². The molecule has 0 unspecified atom stereocenters. The predicted molar refractivity (Wildman–Crippen MR) is 96.4 cm³/mol. The molecule has 1 aliphatic heterocycles. The molecule has 1 aliphatic rings. The van der Waals surface area contributed by atoms with E-state index in [0.29, 0.717) is 19.6 Å². The quantitative estimate of drug-likeness (QED) is 0.147. The van der Waals surface area contributed by atoms with E-state index in [-0.39, 0.29) is 42.1 Å². The monoisotopic (exact) mass is 404 g/mol. The topological polar surface area (TPSA) is 134 Å². The van der Waals surface area contributed by atoms with Crippen molar-refractivity contribution in [2.75, 3.05) is 19.8 Å². The molecule has 1 amide bonds.